The summed E-state index contributed by atoms with van der Waals surface area (Å²) in [6.45, 7) is 1.88. The lowest BCUT2D eigenvalue weighted by molar-refractivity contribution is 1.17. The Morgan fingerprint density at radius 1 is 0.451 bits per heavy atom. The van der Waals surface area contributed by atoms with E-state index < -0.39 is 0 Å². The van der Waals surface area contributed by atoms with Crippen molar-refractivity contribution in [3.63, 3.8) is 0 Å². The zero-order valence-corrected chi connectivity index (χ0v) is 28.3. The van der Waals surface area contributed by atoms with Gasteiger partial charge in [0.1, 0.15) is 0 Å². The van der Waals surface area contributed by atoms with Crippen LogP contribution in [0.15, 0.2) is 188 Å². The number of fused-ring (bicyclic) bond motifs is 4. The molecule has 9 rings (SSSR count). The van der Waals surface area contributed by atoms with Gasteiger partial charge in [0.15, 0.2) is 0 Å². The van der Waals surface area contributed by atoms with Crippen LogP contribution in [-0.2, 0) is 0 Å². The zero-order chi connectivity index (χ0) is 34.1. The minimum atomic E-state index is 1.00. The van der Waals surface area contributed by atoms with Crippen LogP contribution in [0.5, 0.6) is 0 Å². The maximum absolute atomic E-state index is 3.20. The van der Waals surface area contributed by atoms with Crippen molar-refractivity contribution in [3.8, 4) is 39.8 Å². The summed E-state index contributed by atoms with van der Waals surface area (Å²) in [5.74, 6) is 6.23. The van der Waals surface area contributed by atoms with Crippen molar-refractivity contribution in [2.45, 2.75) is 6.92 Å². The van der Waals surface area contributed by atoms with Crippen molar-refractivity contribution in [2.24, 2.45) is 0 Å². The highest BCUT2D eigenvalue weighted by molar-refractivity contribution is 6.09. The number of benzene rings is 8. The number of para-hydroxylation sites is 2. The summed E-state index contributed by atoms with van der Waals surface area (Å²) in [4.78, 5) is 2.34. The summed E-state index contributed by atoms with van der Waals surface area (Å²) in [6, 6.07) is 67.6. The van der Waals surface area contributed by atoms with Crippen molar-refractivity contribution in [1.29, 1.82) is 0 Å². The minimum absolute atomic E-state index is 1.00. The fourth-order valence-corrected chi connectivity index (χ4v) is 7.49. The van der Waals surface area contributed by atoms with Gasteiger partial charge in [-0.2, -0.15) is 0 Å². The number of hydrogen-bond acceptors (Lipinski definition) is 1. The van der Waals surface area contributed by atoms with Crippen LogP contribution in [0, 0.1) is 11.8 Å². The van der Waals surface area contributed by atoms with Crippen LogP contribution in [0.25, 0.3) is 60.5 Å². The molecule has 0 saturated heterocycles. The average Bonchev–Trinajstić information content (AvgIpc) is 3.54. The highest BCUT2D eigenvalue weighted by Crippen LogP contribution is 2.41. The molecule has 0 bridgehead atoms. The first-order valence-electron chi connectivity index (χ1n) is 17.4. The van der Waals surface area contributed by atoms with E-state index >= 15 is 0 Å². The van der Waals surface area contributed by atoms with Gasteiger partial charge in [-0.25, -0.2) is 0 Å². The Morgan fingerprint density at radius 3 is 1.63 bits per heavy atom. The van der Waals surface area contributed by atoms with Crippen molar-refractivity contribution in [1.82, 2.24) is 4.57 Å². The summed E-state index contributed by atoms with van der Waals surface area (Å²) in [5, 5.41) is 5.00. The van der Waals surface area contributed by atoms with Crippen molar-refractivity contribution in [3.05, 3.63) is 194 Å². The number of nitrogens with zero attached hydrogens (tertiary/aromatic N) is 2. The Morgan fingerprint density at radius 2 is 1.00 bits per heavy atom. The van der Waals surface area contributed by atoms with Gasteiger partial charge in [-0.1, -0.05) is 127 Å². The summed E-state index contributed by atoms with van der Waals surface area (Å²) in [6.07, 6.45) is 0. The zero-order valence-electron chi connectivity index (χ0n) is 28.3. The van der Waals surface area contributed by atoms with Crippen LogP contribution in [0.3, 0.4) is 0 Å². The van der Waals surface area contributed by atoms with E-state index in [-0.39, 0.29) is 0 Å². The maximum Gasteiger partial charge on any atom is 0.0541 e. The van der Waals surface area contributed by atoms with Crippen molar-refractivity contribution < 1.29 is 0 Å². The fourth-order valence-electron chi connectivity index (χ4n) is 7.49. The summed E-state index contributed by atoms with van der Waals surface area (Å²) in [5.41, 5.74) is 12.6. The molecule has 1 aromatic heterocycles. The molecule has 1 heterocycles. The Hall–Kier alpha value is -6.82. The number of aromatic nitrogens is 1. The van der Waals surface area contributed by atoms with Crippen LogP contribution in [0.4, 0.5) is 17.1 Å². The van der Waals surface area contributed by atoms with Gasteiger partial charge in [0.05, 0.1) is 11.0 Å². The molecular formula is C49H34N2. The fraction of sp³-hybridized carbons (Fsp3) is 0.0204. The summed E-state index contributed by atoms with van der Waals surface area (Å²) < 4.78 is 2.38. The first-order valence-corrected chi connectivity index (χ1v) is 17.4. The molecule has 0 fully saturated rings. The second kappa shape index (κ2) is 12.9. The summed E-state index contributed by atoms with van der Waals surface area (Å²) in [7, 11) is 0. The molecule has 0 amide bonds. The average molecular weight is 651 g/mol. The van der Waals surface area contributed by atoms with Gasteiger partial charge < -0.3 is 9.47 Å². The smallest absolute Gasteiger partial charge is 0.0541 e. The molecule has 240 valence electrons. The Labute approximate surface area is 298 Å². The molecule has 2 heteroatoms. The van der Waals surface area contributed by atoms with Gasteiger partial charge in [-0.3, -0.25) is 0 Å². The molecule has 0 aliphatic rings. The molecule has 0 aliphatic heterocycles. The third-order valence-electron chi connectivity index (χ3n) is 9.75. The second-order valence-corrected chi connectivity index (χ2v) is 12.8. The Bertz CT molecular complexity index is 2680. The summed E-state index contributed by atoms with van der Waals surface area (Å²) >= 11 is 0. The van der Waals surface area contributed by atoms with E-state index in [0.717, 1.165) is 28.3 Å². The highest BCUT2D eigenvalue weighted by Gasteiger charge is 2.17. The molecule has 8 aromatic carbocycles. The highest BCUT2D eigenvalue weighted by atomic mass is 15.1. The maximum atomic E-state index is 3.20. The third kappa shape index (κ3) is 5.42. The standard InChI is InChI=1S/C49H34N2/c1-2-13-35-26-30-39(31-27-35)50(41-18-12-19-42(34-41)51-47-24-8-6-20-45(47)46-21-7-9-25-48(46)51)40-32-28-37(29-33-40)44-23-11-17-38-16-10-22-43(49(38)44)36-14-4-3-5-15-36/h3-12,14-34H,1H3. The number of hydrogen-bond donors (Lipinski definition) is 0. The third-order valence-corrected chi connectivity index (χ3v) is 9.75. The van der Waals surface area contributed by atoms with Gasteiger partial charge in [0.25, 0.3) is 0 Å². The monoisotopic (exact) mass is 650 g/mol. The van der Waals surface area contributed by atoms with E-state index in [9.17, 15) is 0 Å². The quantitative estimate of drug-likeness (QED) is 0.163. The first kappa shape index (κ1) is 30.3. The van der Waals surface area contributed by atoms with E-state index in [1.807, 2.05) is 6.92 Å². The molecule has 0 aliphatic carbocycles. The normalized spacial score (nSPS) is 11.1. The van der Waals surface area contributed by atoms with E-state index in [1.165, 1.54) is 54.8 Å². The van der Waals surface area contributed by atoms with E-state index in [0.29, 0.717) is 0 Å². The predicted octanol–water partition coefficient (Wildman–Crippen LogP) is 13.1. The lowest BCUT2D eigenvalue weighted by atomic mass is 9.91. The topological polar surface area (TPSA) is 8.17 Å². The van der Waals surface area contributed by atoms with Crippen LogP contribution in [0.1, 0.15) is 12.5 Å². The van der Waals surface area contributed by atoms with Gasteiger partial charge in [-0.15, -0.1) is 5.92 Å². The van der Waals surface area contributed by atoms with Crippen molar-refractivity contribution in [2.75, 3.05) is 4.90 Å². The minimum Gasteiger partial charge on any atom is -0.310 e. The van der Waals surface area contributed by atoms with E-state index in [4.69, 9.17) is 0 Å². The van der Waals surface area contributed by atoms with Gasteiger partial charge in [0.2, 0.25) is 0 Å². The Balaban J connectivity index is 1.18. The van der Waals surface area contributed by atoms with Crippen LogP contribution >= 0.6 is 0 Å². The van der Waals surface area contributed by atoms with Gasteiger partial charge in [-0.05, 0) is 107 Å². The molecular weight excluding hydrogens is 617 g/mol. The molecule has 0 unspecified atom stereocenters. The largest absolute Gasteiger partial charge is 0.310 e. The molecule has 2 nitrogen and oxygen atoms in total. The first-order chi connectivity index (χ1) is 25.3. The second-order valence-electron chi connectivity index (χ2n) is 12.8. The lowest BCUT2D eigenvalue weighted by Crippen LogP contribution is -2.10. The molecule has 9 aromatic rings. The molecule has 0 radical (unpaired) electrons. The van der Waals surface area contributed by atoms with E-state index in [1.54, 1.807) is 0 Å². The molecule has 0 saturated carbocycles. The molecule has 51 heavy (non-hydrogen) atoms. The SMILES string of the molecule is CC#Cc1ccc(N(c2ccc(-c3cccc4cccc(-c5ccccc5)c34)cc2)c2cccc(-n3c4ccccc4c4ccccc43)c2)cc1. The molecule has 0 N–H and O–H groups in total. The van der Waals surface area contributed by atoms with E-state index in [2.05, 4.69) is 209 Å². The predicted molar refractivity (Wildman–Crippen MR) is 216 cm³/mol. The van der Waals surface area contributed by atoms with Crippen molar-refractivity contribution >= 4 is 49.6 Å². The number of rotatable bonds is 6. The van der Waals surface area contributed by atoms with Gasteiger partial charge >= 0.3 is 0 Å². The van der Waals surface area contributed by atoms with Gasteiger partial charge in [0, 0.05) is 39.1 Å². The van der Waals surface area contributed by atoms with Crippen LogP contribution < -0.4 is 4.90 Å². The van der Waals surface area contributed by atoms with Crippen LogP contribution in [0.2, 0.25) is 0 Å². The van der Waals surface area contributed by atoms with Crippen LogP contribution in [-0.4, -0.2) is 4.57 Å². The number of anilines is 3. The lowest BCUT2D eigenvalue weighted by Gasteiger charge is -2.26. The molecule has 0 atom stereocenters. The Kier molecular flexibility index (Phi) is 7.65. The molecule has 0 spiro atoms.